The fourth-order valence-corrected chi connectivity index (χ4v) is 2.29. The van der Waals surface area contributed by atoms with Gasteiger partial charge in [-0.25, -0.2) is 4.39 Å². The summed E-state index contributed by atoms with van der Waals surface area (Å²) in [5.74, 6) is -1.21. The van der Waals surface area contributed by atoms with Gasteiger partial charge in [0.2, 0.25) is 0 Å². The highest BCUT2D eigenvalue weighted by Crippen LogP contribution is 2.18. The molecule has 0 saturated heterocycles. The summed E-state index contributed by atoms with van der Waals surface area (Å²) in [5, 5.41) is 2.68. The van der Waals surface area contributed by atoms with Gasteiger partial charge in [0.05, 0.1) is 10.6 Å². The number of nitrogens with one attached hydrogen (secondary N) is 1. The van der Waals surface area contributed by atoms with E-state index < -0.39 is 11.7 Å². The highest BCUT2D eigenvalue weighted by atomic mass is 35.5. The highest BCUT2D eigenvalue weighted by molar-refractivity contribution is 6.33. The summed E-state index contributed by atoms with van der Waals surface area (Å²) >= 11 is 5.82. The summed E-state index contributed by atoms with van der Waals surface area (Å²) in [6.45, 7) is 2.65. The van der Waals surface area contributed by atoms with Gasteiger partial charge in [-0.15, -0.1) is 0 Å². The number of carbonyl (C=O) groups is 1. The number of benzene rings is 1. The SMILES string of the molecule is Cc1ccn(CCCNC(=O)c2c(F)cccc2Cl)c(=O)c1. The molecule has 1 aromatic carbocycles. The molecule has 1 amide bonds. The topological polar surface area (TPSA) is 51.1 Å². The number of aryl methyl sites for hydroxylation is 2. The van der Waals surface area contributed by atoms with Crippen LogP contribution in [0, 0.1) is 12.7 Å². The fraction of sp³-hybridized carbons (Fsp3) is 0.250. The molecule has 0 bridgehead atoms. The maximum absolute atomic E-state index is 13.6. The third kappa shape index (κ3) is 3.95. The quantitative estimate of drug-likeness (QED) is 0.861. The van der Waals surface area contributed by atoms with Crippen molar-refractivity contribution in [3.63, 3.8) is 0 Å². The highest BCUT2D eigenvalue weighted by Gasteiger charge is 2.14. The predicted molar refractivity (Wildman–Crippen MR) is 83.8 cm³/mol. The van der Waals surface area contributed by atoms with Gasteiger partial charge in [0.1, 0.15) is 5.82 Å². The molecule has 2 aromatic rings. The zero-order valence-corrected chi connectivity index (χ0v) is 12.9. The molecule has 0 unspecified atom stereocenters. The predicted octanol–water partition coefficient (Wildman–Crippen LogP) is 2.77. The molecule has 6 heteroatoms. The van der Waals surface area contributed by atoms with Crippen molar-refractivity contribution in [3.05, 3.63) is 68.8 Å². The van der Waals surface area contributed by atoms with Crippen LogP contribution in [0.2, 0.25) is 5.02 Å². The standard InChI is InChI=1S/C16H16ClFN2O2/c1-11-6-9-20(14(21)10-11)8-3-7-19-16(22)15-12(17)4-2-5-13(15)18/h2,4-6,9-10H,3,7-8H2,1H3,(H,19,22). The summed E-state index contributed by atoms with van der Waals surface area (Å²) in [6, 6.07) is 7.49. The molecular weight excluding hydrogens is 307 g/mol. The van der Waals surface area contributed by atoms with Gasteiger partial charge in [-0.2, -0.15) is 0 Å². The third-order valence-corrected chi connectivity index (χ3v) is 3.52. The van der Waals surface area contributed by atoms with Gasteiger partial charge in [0.15, 0.2) is 0 Å². The number of carbonyl (C=O) groups excluding carboxylic acids is 1. The molecule has 2 rings (SSSR count). The molecular formula is C16H16ClFN2O2. The largest absolute Gasteiger partial charge is 0.352 e. The Hall–Kier alpha value is -2.14. The Morgan fingerprint density at radius 2 is 2.14 bits per heavy atom. The van der Waals surface area contributed by atoms with Crippen LogP contribution in [-0.4, -0.2) is 17.0 Å². The number of pyridine rings is 1. The molecule has 0 aliphatic heterocycles. The Bertz CT molecular complexity index is 723. The van der Waals surface area contributed by atoms with E-state index in [0.29, 0.717) is 19.5 Å². The van der Waals surface area contributed by atoms with Crippen molar-refractivity contribution >= 4 is 17.5 Å². The molecule has 1 N–H and O–H groups in total. The van der Waals surface area contributed by atoms with Crippen LogP contribution < -0.4 is 10.9 Å². The maximum atomic E-state index is 13.6. The molecule has 1 aromatic heterocycles. The smallest absolute Gasteiger partial charge is 0.255 e. The van der Waals surface area contributed by atoms with E-state index in [1.807, 2.05) is 13.0 Å². The van der Waals surface area contributed by atoms with Crippen LogP contribution in [0.25, 0.3) is 0 Å². The van der Waals surface area contributed by atoms with Crippen molar-refractivity contribution in [2.45, 2.75) is 19.9 Å². The molecule has 0 saturated carbocycles. The van der Waals surface area contributed by atoms with E-state index in [0.717, 1.165) is 5.56 Å². The van der Waals surface area contributed by atoms with Gasteiger partial charge >= 0.3 is 0 Å². The van der Waals surface area contributed by atoms with Gasteiger partial charge < -0.3 is 9.88 Å². The first-order chi connectivity index (χ1) is 10.5. The van der Waals surface area contributed by atoms with Gasteiger partial charge in [-0.05, 0) is 37.1 Å². The minimum atomic E-state index is -0.653. The number of amides is 1. The second-order valence-electron chi connectivity index (χ2n) is 4.94. The van der Waals surface area contributed by atoms with Gasteiger partial charge in [-0.1, -0.05) is 17.7 Å². The molecule has 0 fully saturated rings. The molecule has 0 spiro atoms. The first kappa shape index (κ1) is 16.2. The summed E-state index contributed by atoms with van der Waals surface area (Å²) in [6.07, 6.45) is 2.27. The molecule has 0 aliphatic rings. The second-order valence-corrected chi connectivity index (χ2v) is 5.35. The Morgan fingerprint density at radius 3 is 2.82 bits per heavy atom. The van der Waals surface area contributed by atoms with E-state index in [4.69, 9.17) is 11.6 Å². The van der Waals surface area contributed by atoms with Crippen LogP contribution in [0.1, 0.15) is 22.3 Å². The lowest BCUT2D eigenvalue weighted by atomic mass is 10.2. The third-order valence-electron chi connectivity index (χ3n) is 3.20. The fourth-order valence-electron chi connectivity index (χ4n) is 2.05. The number of halogens is 2. The molecule has 0 atom stereocenters. The molecule has 4 nitrogen and oxygen atoms in total. The van der Waals surface area contributed by atoms with Gasteiger partial charge in [0.25, 0.3) is 11.5 Å². The molecule has 0 radical (unpaired) electrons. The zero-order chi connectivity index (χ0) is 16.1. The minimum absolute atomic E-state index is 0.0762. The normalized spacial score (nSPS) is 10.5. The average molecular weight is 323 g/mol. The van der Waals surface area contributed by atoms with E-state index in [-0.39, 0.29) is 16.1 Å². The van der Waals surface area contributed by atoms with Crippen LogP contribution >= 0.6 is 11.6 Å². The number of hydrogen-bond donors (Lipinski definition) is 1. The summed E-state index contributed by atoms with van der Waals surface area (Å²) in [5.41, 5.74) is 0.670. The van der Waals surface area contributed by atoms with Gasteiger partial charge in [-0.3, -0.25) is 9.59 Å². The molecule has 1 heterocycles. The first-order valence-corrected chi connectivity index (χ1v) is 7.26. The Morgan fingerprint density at radius 1 is 1.36 bits per heavy atom. The Balaban J connectivity index is 1.89. The van der Waals surface area contributed by atoms with Crippen molar-refractivity contribution in [2.24, 2.45) is 0 Å². The lowest BCUT2D eigenvalue weighted by Crippen LogP contribution is -2.27. The lowest BCUT2D eigenvalue weighted by molar-refractivity contribution is 0.0949. The van der Waals surface area contributed by atoms with Crippen molar-refractivity contribution in [2.75, 3.05) is 6.54 Å². The van der Waals surface area contributed by atoms with E-state index in [1.165, 1.54) is 18.2 Å². The van der Waals surface area contributed by atoms with Crippen LogP contribution in [-0.2, 0) is 6.54 Å². The number of rotatable bonds is 5. The van der Waals surface area contributed by atoms with Gasteiger partial charge in [0, 0.05) is 25.4 Å². The Labute approximate surface area is 132 Å². The van der Waals surface area contributed by atoms with Crippen molar-refractivity contribution in [1.29, 1.82) is 0 Å². The van der Waals surface area contributed by atoms with Crippen LogP contribution in [0.15, 0.2) is 41.3 Å². The molecule has 22 heavy (non-hydrogen) atoms. The second kappa shape index (κ2) is 7.22. The number of aromatic nitrogens is 1. The van der Waals surface area contributed by atoms with Crippen molar-refractivity contribution in [3.8, 4) is 0 Å². The van der Waals surface area contributed by atoms with E-state index in [9.17, 15) is 14.0 Å². The summed E-state index contributed by atoms with van der Waals surface area (Å²) in [7, 11) is 0. The Kier molecular flexibility index (Phi) is 5.33. The minimum Gasteiger partial charge on any atom is -0.352 e. The van der Waals surface area contributed by atoms with Crippen molar-refractivity contribution < 1.29 is 9.18 Å². The zero-order valence-electron chi connectivity index (χ0n) is 12.1. The molecule has 116 valence electrons. The number of nitrogens with zero attached hydrogens (tertiary/aromatic N) is 1. The first-order valence-electron chi connectivity index (χ1n) is 6.88. The monoisotopic (exact) mass is 322 g/mol. The van der Waals surface area contributed by atoms with Crippen molar-refractivity contribution in [1.82, 2.24) is 9.88 Å². The van der Waals surface area contributed by atoms with E-state index >= 15 is 0 Å². The average Bonchev–Trinajstić information content (AvgIpc) is 2.45. The van der Waals surface area contributed by atoms with Crippen LogP contribution in [0.5, 0.6) is 0 Å². The van der Waals surface area contributed by atoms with Crippen LogP contribution in [0.4, 0.5) is 4.39 Å². The summed E-state index contributed by atoms with van der Waals surface area (Å²) < 4.78 is 15.1. The molecule has 0 aliphatic carbocycles. The number of hydrogen-bond acceptors (Lipinski definition) is 2. The maximum Gasteiger partial charge on any atom is 0.255 e. The van der Waals surface area contributed by atoms with Crippen LogP contribution in [0.3, 0.4) is 0 Å². The van der Waals surface area contributed by atoms with E-state index in [2.05, 4.69) is 5.32 Å². The van der Waals surface area contributed by atoms with E-state index in [1.54, 1.807) is 16.8 Å². The lowest BCUT2D eigenvalue weighted by Gasteiger charge is -2.09. The summed E-state index contributed by atoms with van der Waals surface area (Å²) in [4.78, 5) is 23.6.